The molecule has 31 nitrogen and oxygen atoms in total. The second kappa shape index (κ2) is 47.5. The predicted molar refractivity (Wildman–Crippen MR) is 512 cm³/mol. The number of nitrogens with one attached hydrogen (secondary N) is 3. The predicted octanol–water partition coefficient (Wildman–Crippen LogP) is 15.9. The summed E-state index contributed by atoms with van der Waals surface area (Å²) in [5.41, 5.74) is 10.5. The van der Waals surface area contributed by atoms with Gasteiger partial charge in [0.15, 0.2) is 17.3 Å². The molecule has 0 atom stereocenters. The summed E-state index contributed by atoms with van der Waals surface area (Å²) in [5, 5.41) is 28.1. The van der Waals surface area contributed by atoms with Crippen molar-refractivity contribution in [3.8, 4) is 40.4 Å². The number of para-hydroxylation sites is 4. The zero-order valence-corrected chi connectivity index (χ0v) is 79.3. The van der Waals surface area contributed by atoms with E-state index in [0.717, 1.165) is 43.1 Å². The van der Waals surface area contributed by atoms with E-state index in [1.54, 1.807) is 69.8 Å². The number of pyridine rings is 3. The second-order valence-electron chi connectivity index (χ2n) is 34.1. The van der Waals surface area contributed by atoms with Crippen molar-refractivity contribution >= 4 is 92.6 Å². The summed E-state index contributed by atoms with van der Waals surface area (Å²) >= 11 is 18.1. The van der Waals surface area contributed by atoms with E-state index in [1.165, 1.54) is 34.4 Å². The average molecular weight is 1860 g/mol. The maximum atomic E-state index is 13.6. The fourth-order valence-corrected chi connectivity index (χ4v) is 15.7. The Bertz CT molecular complexity index is 5820. The molecule has 34 heteroatoms. The van der Waals surface area contributed by atoms with E-state index in [-0.39, 0.29) is 156 Å². The van der Waals surface area contributed by atoms with Crippen molar-refractivity contribution in [2.45, 2.75) is 194 Å². The number of ketones is 3. The molecule has 8 heterocycles. The van der Waals surface area contributed by atoms with Crippen LogP contribution in [0.1, 0.15) is 194 Å². The van der Waals surface area contributed by atoms with Crippen LogP contribution in [0.15, 0.2) is 177 Å². The Kier molecular flexibility index (Phi) is 37.2. The highest BCUT2D eigenvalue weighted by Crippen LogP contribution is 2.35. The number of hydrogen-bond donors (Lipinski definition) is 6. The first kappa shape index (κ1) is 102. The second-order valence-corrected chi connectivity index (χ2v) is 35.4. The first-order valence-corrected chi connectivity index (χ1v) is 45.1. The number of aliphatic hydroxyl groups excluding tert-OH is 2. The number of nitrogens with zero attached hydrogens (tertiary/aromatic N) is 12. The molecule has 0 unspecified atom stereocenters. The lowest BCUT2D eigenvalue weighted by atomic mass is 9.83. The van der Waals surface area contributed by atoms with Crippen LogP contribution in [-0.4, -0.2) is 155 Å². The zero-order chi connectivity index (χ0) is 95.6. The minimum Gasteiger partial charge on any atom is -0.477 e. The molecule has 1 saturated heterocycles. The number of carbonyl (C=O) groups excluding carboxylic acids is 6. The fourth-order valence-electron chi connectivity index (χ4n) is 15.2. The summed E-state index contributed by atoms with van der Waals surface area (Å²) in [6, 6.07) is 41.8. The zero-order valence-electron chi connectivity index (χ0n) is 77.1. The van der Waals surface area contributed by atoms with E-state index in [0.29, 0.717) is 119 Å². The number of nitrogen functional groups attached to an aromatic ring is 1. The molecule has 1 aliphatic heterocycles. The fraction of sp³-hybridized carbons (Fsp3) is 0.412. The third kappa shape index (κ3) is 27.2. The molecule has 0 aliphatic carbocycles. The Labute approximate surface area is 777 Å². The highest BCUT2D eigenvalue weighted by atomic mass is 35.5. The molecule has 11 aromatic rings. The van der Waals surface area contributed by atoms with Gasteiger partial charge in [0.1, 0.15) is 22.7 Å². The van der Waals surface area contributed by atoms with Gasteiger partial charge >= 0.3 is 0 Å². The summed E-state index contributed by atoms with van der Waals surface area (Å²) in [7, 11) is 0. The van der Waals surface area contributed by atoms with Gasteiger partial charge in [0, 0.05) is 70.2 Å². The summed E-state index contributed by atoms with van der Waals surface area (Å²) in [5.74, 6) is -0.579. The first-order valence-electron chi connectivity index (χ1n) is 44.0. The number of benzene rings is 4. The minimum atomic E-state index is -0.530. The molecule has 1 aliphatic rings. The lowest BCUT2D eigenvalue weighted by Gasteiger charge is -2.31. The van der Waals surface area contributed by atoms with Crippen molar-refractivity contribution in [1.29, 1.82) is 0 Å². The number of aliphatic hydroxyl groups is 2. The van der Waals surface area contributed by atoms with Crippen LogP contribution in [0.5, 0.6) is 17.6 Å². The quantitative estimate of drug-likeness (QED) is 0.0194. The van der Waals surface area contributed by atoms with E-state index in [4.69, 9.17) is 59.9 Å². The first-order chi connectivity index (χ1) is 62.4. The third-order valence-corrected chi connectivity index (χ3v) is 22.9. The van der Waals surface area contributed by atoms with E-state index in [1.807, 2.05) is 195 Å². The van der Waals surface area contributed by atoms with Crippen LogP contribution >= 0.6 is 34.8 Å². The molecule has 0 saturated carbocycles. The van der Waals surface area contributed by atoms with E-state index in [2.05, 4.69) is 35.8 Å². The van der Waals surface area contributed by atoms with Crippen LogP contribution < -0.4 is 58.1 Å². The van der Waals surface area contributed by atoms with Gasteiger partial charge in [-0.25, -0.2) is 33.7 Å². The molecular weight excluding hydrogens is 1740 g/mol. The van der Waals surface area contributed by atoms with Gasteiger partial charge in [0.25, 0.3) is 22.2 Å². The summed E-state index contributed by atoms with van der Waals surface area (Å²) < 4.78 is 29.8. The van der Waals surface area contributed by atoms with Crippen molar-refractivity contribution in [1.82, 2.24) is 57.3 Å². The van der Waals surface area contributed by atoms with Crippen molar-refractivity contribution in [3.05, 3.63) is 254 Å². The molecule has 0 spiro atoms. The van der Waals surface area contributed by atoms with Crippen molar-refractivity contribution in [2.24, 2.45) is 16.2 Å². The maximum absolute atomic E-state index is 13.6. The highest BCUT2D eigenvalue weighted by molar-refractivity contribution is 6.31. The molecular formula is C97H121Cl3N16O15. The number of ether oxygens (including phenoxy) is 3. The molecule has 12 rings (SSSR count). The van der Waals surface area contributed by atoms with Gasteiger partial charge in [-0.1, -0.05) is 156 Å². The number of nitrogens with two attached hydrogens (primary N) is 1. The van der Waals surface area contributed by atoms with Gasteiger partial charge < -0.3 is 51.0 Å². The van der Waals surface area contributed by atoms with Crippen molar-refractivity contribution in [3.63, 3.8) is 0 Å². The van der Waals surface area contributed by atoms with Crippen LogP contribution in [0.3, 0.4) is 0 Å². The van der Waals surface area contributed by atoms with Crippen molar-refractivity contribution in [2.75, 3.05) is 74.4 Å². The highest BCUT2D eigenvalue weighted by Gasteiger charge is 2.33. The number of Topliss-reactive ketones (excluding diaryl/α,β-unsaturated/α-hetero) is 3. The molecule has 1 fully saturated rings. The normalized spacial score (nSPS) is 12.0. The number of hydrogen-bond acceptors (Lipinski definition) is 20. The lowest BCUT2D eigenvalue weighted by Crippen LogP contribution is -2.40. The molecule has 0 bridgehead atoms. The monoisotopic (exact) mass is 1850 g/mol. The van der Waals surface area contributed by atoms with E-state index >= 15 is 0 Å². The maximum Gasteiger partial charge on any atom is 0.295 e. The average Bonchev–Trinajstić information content (AvgIpc) is 1.63. The molecule has 7 N–H and O–H groups in total. The number of carbonyl (C=O) groups is 6. The van der Waals surface area contributed by atoms with Crippen LogP contribution in [-0.2, 0) is 40.6 Å². The molecule has 0 radical (unpaired) electrons. The topological polar surface area (TPSA) is 382 Å². The van der Waals surface area contributed by atoms with Gasteiger partial charge in [0.05, 0.1) is 130 Å². The molecule has 3 amide bonds. The Morgan fingerprint density at radius 2 is 0.679 bits per heavy atom. The molecule has 131 heavy (non-hydrogen) atoms. The summed E-state index contributed by atoms with van der Waals surface area (Å²) in [6.07, 6.45) is 8.68. The third-order valence-electron chi connectivity index (χ3n) is 22.3. The lowest BCUT2D eigenvalue weighted by molar-refractivity contribution is -0.119. The Morgan fingerprint density at radius 1 is 0.405 bits per heavy atom. The number of likely N-dealkylation sites (tertiary alicyclic amines) is 1. The van der Waals surface area contributed by atoms with Gasteiger partial charge in [0.2, 0.25) is 35.4 Å². The van der Waals surface area contributed by atoms with Gasteiger partial charge in [-0.05, 0) is 177 Å². The molecule has 700 valence electrons. The smallest absolute Gasteiger partial charge is 0.295 e. The van der Waals surface area contributed by atoms with Gasteiger partial charge in [-0.3, -0.25) is 66.7 Å². The van der Waals surface area contributed by atoms with Crippen LogP contribution in [0.2, 0.25) is 15.1 Å². The van der Waals surface area contributed by atoms with Crippen LogP contribution in [0.4, 0.5) is 22.7 Å². The standard InChI is InChI=1S/C30H38ClN5O4.C28H35ClN4O4.C27H33ClN4O5.C12H15N3O2/c1-5-40-28-24(18-22(31)20-32-28)25(37)12-13-30(3,4)19-26(38)33-27-21(2)35(17-16-34-14-9-15-34)36(29(27)39)23-10-7-6-8-11-23;1-6-15-32-19(3)25(27(36)33(32)21-11-9-8-10-12-21)31-24(35)17-28(4,5)14-13-23(34)22-16-20(29)18-30-26(22)37-7-2;1-5-37-25-21(15-19(28)17-29-25)22(34)11-12-27(3,4)16-23(35)30-24-18(2)31(13-14-33)32(26(24)36)20-9-7-6-8-10-20;1-9-11(13)12(17)15(14(9)7-8-16)10-5-3-2-4-6-10/h6-8,10-11,18,20H,5,9,12-17,19H2,1-4H3,(H,33,38);8-12,16,18H,6-7,13-15,17H2,1-5H3,(H,31,35);6-10,15,17,33H,5,11-14,16H2,1-4H3,(H,30,35);2-6,16H,7-8,13H2,1H3. The number of anilines is 4. The van der Waals surface area contributed by atoms with Gasteiger partial charge in [-0.15, -0.1) is 0 Å². The Hall–Kier alpha value is -12.3. The SMILES string of the molecule is CCCn1c(C)c(NC(=O)CC(C)(C)CCC(=O)c2cc(Cl)cnc2OCC)c(=O)n1-c1ccccc1.CCOc1ncc(Cl)cc1C(=O)CCC(C)(C)CC(=O)Nc1c(C)n(CCN2CCC2)n(-c2ccccc2)c1=O.CCOc1ncc(Cl)cc1C(=O)CCC(C)(C)CC(=O)Nc1c(C)n(CCO)n(-c2ccccc2)c1=O.Cc1c(N)c(=O)n(-c2ccccc2)n1CCO. The summed E-state index contributed by atoms with van der Waals surface area (Å²) in [6.45, 7) is 31.9. The summed E-state index contributed by atoms with van der Waals surface area (Å²) in [4.78, 5) is 145. The Morgan fingerprint density at radius 3 is 0.947 bits per heavy atom. The molecule has 7 aromatic heterocycles. The number of amides is 3. The Balaban J connectivity index is 0.000000203. The van der Waals surface area contributed by atoms with Crippen molar-refractivity contribution < 1.29 is 53.2 Å². The van der Waals surface area contributed by atoms with E-state index in [9.17, 15) is 53.1 Å². The van der Waals surface area contributed by atoms with E-state index < -0.39 is 16.2 Å². The van der Waals surface area contributed by atoms with Gasteiger partial charge in [-0.2, -0.15) is 0 Å². The number of halogens is 3. The minimum absolute atomic E-state index is 0.0404. The largest absolute Gasteiger partial charge is 0.477 e. The van der Waals surface area contributed by atoms with Crippen LogP contribution in [0, 0.1) is 43.9 Å². The number of aromatic nitrogens is 11. The van der Waals surface area contributed by atoms with Crippen LogP contribution in [0.25, 0.3) is 22.7 Å². The molecule has 4 aromatic carbocycles. The number of rotatable bonds is 40.